The van der Waals surface area contributed by atoms with E-state index in [4.69, 9.17) is 14.0 Å². The molecule has 0 saturated carbocycles. The van der Waals surface area contributed by atoms with Gasteiger partial charge in [-0.05, 0) is 41.8 Å². The Morgan fingerprint density at radius 2 is 1.36 bits per heavy atom. The Hall–Kier alpha value is -4.28. The molecule has 0 amide bonds. The van der Waals surface area contributed by atoms with Crippen LogP contribution < -0.4 is 9.80 Å². The second kappa shape index (κ2) is 11.2. The molecule has 0 saturated heterocycles. The number of para-hydroxylation sites is 1. The average Bonchev–Trinajstić information content (AvgIpc) is 3.40. The maximum absolute atomic E-state index is 7.04. The second-order valence-electron chi connectivity index (χ2n) is 9.88. The molecule has 0 N–H and O–H groups in total. The van der Waals surface area contributed by atoms with Gasteiger partial charge in [-0.3, -0.25) is 4.84 Å². The van der Waals surface area contributed by atoms with Gasteiger partial charge in [0.2, 0.25) is 0 Å². The predicted molar refractivity (Wildman–Crippen MR) is 156 cm³/mol. The molecule has 0 spiro atoms. The van der Waals surface area contributed by atoms with Crippen LogP contribution >= 0.6 is 0 Å². The van der Waals surface area contributed by atoms with E-state index in [1.165, 1.54) is 5.56 Å². The summed E-state index contributed by atoms with van der Waals surface area (Å²) in [4.78, 5) is 7.04. The van der Waals surface area contributed by atoms with Gasteiger partial charge in [0.05, 0.1) is 12.8 Å². The van der Waals surface area contributed by atoms with Crippen LogP contribution in [0.1, 0.15) is 59.9 Å². The topological polar surface area (TPSA) is 34.8 Å². The monoisotopic (exact) mass is 515 g/mol. The number of hydroxylamine groups is 1. The molecule has 196 valence electrons. The van der Waals surface area contributed by atoms with E-state index in [1.54, 1.807) is 7.11 Å². The third-order valence-corrected chi connectivity index (χ3v) is 7.39. The summed E-state index contributed by atoms with van der Waals surface area (Å²) in [6.45, 7) is 2.22. The maximum atomic E-state index is 7.04. The number of ether oxygens (including phenoxy) is 1. The highest BCUT2D eigenvalue weighted by atomic mass is 16.7. The average molecular weight is 516 g/mol. The Morgan fingerprint density at radius 1 is 0.718 bits per heavy atom. The Labute approximate surface area is 230 Å². The normalized spacial score (nSPS) is 16.6. The molecule has 4 heteroatoms. The van der Waals surface area contributed by atoms with E-state index in [-0.39, 0.29) is 12.1 Å². The smallest absolute Gasteiger partial charge is 0.140 e. The first-order valence-corrected chi connectivity index (χ1v) is 13.7. The zero-order valence-electron chi connectivity index (χ0n) is 22.4. The first-order valence-electron chi connectivity index (χ1n) is 13.7. The van der Waals surface area contributed by atoms with Crippen molar-refractivity contribution in [1.82, 2.24) is 0 Å². The fourth-order valence-electron chi connectivity index (χ4n) is 5.47. The largest absolute Gasteiger partial charge is 0.497 e. The number of benzene rings is 4. The number of aryl methyl sites for hydroxylation is 1. The molecular formula is C35H33NO3. The van der Waals surface area contributed by atoms with Crippen molar-refractivity contribution in [2.24, 2.45) is 0 Å². The van der Waals surface area contributed by atoms with E-state index in [0.29, 0.717) is 0 Å². The molecule has 0 bridgehead atoms. The lowest BCUT2D eigenvalue weighted by atomic mass is 9.86. The van der Waals surface area contributed by atoms with E-state index < -0.39 is 0 Å². The van der Waals surface area contributed by atoms with Crippen molar-refractivity contribution in [1.29, 1.82) is 0 Å². The van der Waals surface area contributed by atoms with Gasteiger partial charge in [-0.1, -0.05) is 104 Å². The van der Waals surface area contributed by atoms with Gasteiger partial charge in [-0.15, -0.1) is 0 Å². The molecule has 1 aliphatic rings. The van der Waals surface area contributed by atoms with E-state index in [1.807, 2.05) is 24.3 Å². The van der Waals surface area contributed by atoms with Crippen LogP contribution in [0.2, 0.25) is 0 Å². The van der Waals surface area contributed by atoms with Crippen molar-refractivity contribution in [3.63, 3.8) is 0 Å². The molecule has 0 unspecified atom stereocenters. The standard InChI is InChI=1S/C35H33NO3/c1-3-4-20-30-31-32(34(38-30)26-16-10-6-11-17-26)35(27-21-23-29(37-2)24-22-27)39-36(28-18-12-7-13-19-28)33(31)25-14-8-5-9-15-25/h5-19,21-24,33,35H,3-4,20H2,1-2H3/t33-,35+/m1/s1. The number of furan rings is 1. The lowest BCUT2D eigenvalue weighted by Crippen LogP contribution is -2.37. The number of unbranched alkanes of at least 4 members (excludes halogenated alkanes) is 1. The van der Waals surface area contributed by atoms with E-state index in [0.717, 1.165) is 64.5 Å². The van der Waals surface area contributed by atoms with Crippen LogP contribution in [0.25, 0.3) is 11.3 Å². The number of anilines is 1. The molecule has 2 atom stereocenters. The summed E-state index contributed by atoms with van der Waals surface area (Å²) in [5.74, 6) is 2.73. The van der Waals surface area contributed by atoms with Gasteiger partial charge in [-0.2, -0.15) is 0 Å². The van der Waals surface area contributed by atoms with Gasteiger partial charge < -0.3 is 9.15 Å². The third kappa shape index (κ3) is 4.84. The Balaban J connectivity index is 1.64. The van der Waals surface area contributed by atoms with Crippen molar-refractivity contribution in [3.8, 4) is 17.1 Å². The van der Waals surface area contributed by atoms with Crippen LogP contribution in [0.4, 0.5) is 5.69 Å². The third-order valence-electron chi connectivity index (χ3n) is 7.39. The van der Waals surface area contributed by atoms with Crippen molar-refractivity contribution < 1.29 is 14.0 Å². The summed E-state index contributed by atoms with van der Waals surface area (Å²) < 4.78 is 12.3. The minimum Gasteiger partial charge on any atom is -0.497 e. The van der Waals surface area contributed by atoms with Gasteiger partial charge in [0.1, 0.15) is 29.4 Å². The quantitative estimate of drug-likeness (QED) is 0.207. The molecule has 1 aromatic heterocycles. The summed E-state index contributed by atoms with van der Waals surface area (Å²) >= 11 is 0. The Kier molecular flexibility index (Phi) is 7.20. The van der Waals surface area contributed by atoms with Crippen LogP contribution in [0.5, 0.6) is 5.75 Å². The molecule has 4 aromatic carbocycles. The Bertz CT molecular complexity index is 1490. The number of rotatable bonds is 8. The summed E-state index contributed by atoms with van der Waals surface area (Å²) in [6, 6.07) is 39.4. The maximum Gasteiger partial charge on any atom is 0.140 e. The number of nitrogens with zero attached hydrogens (tertiary/aromatic N) is 1. The van der Waals surface area contributed by atoms with Crippen molar-refractivity contribution in [3.05, 3.63) is 143 Å². The summed E-state index contributed by atoms with van der Waals surface area (Å²) in [5.41, 5.74) is 6.55. The highest BCUT2D eigenvalue weighted by Gasteiger charge is 2.42. The van der Waals surface area contributed by atoms with Gasteiger partial charge in [0, 0.05) is 23.1 Å². The number of hydrogen-bond donors (Lipinski definition) is 0. The zero-order valence-corrected chi connectivity index (χ0v) is 22.4. The van der Waals surface area contributed by atoms with Crippen molar-refractivity contribution in [2.75, 3.05) is 12.2 Å². The first-order chi connectivity index (χ1) is 19.3. The molecule has 1 aliphatic heterocycles. The molecule has 2 heterocycles. The van der Waals surface area contributed by atoms with Gasteiger partial charge in [0.25, 0.3) is 0 Å². The molecule has 5 aromatic rings. The Morgan fingerprint density at radius 3 is 2.00 bits per heavy atom. The van der Waals surface area contributed by atoms with Gasteiger partial charge in [0.15, 0.2) is 0 Å². The lowest BCUT2D eigenvalue weighted by Gasteiger charge is -2.41. The number of methoxy groups -OCH3 is 1. The molecule has 0 aliphatic carbocycles. The van der Waals surface area contributed by atoms with Crippen LogP contribution in [-0.4, -0.2) is 7.11 Å². The van der Waals surface area contributed by atoms with E-state index >= 15 is 0 Å². The van der Waals surface area contributed by atoms with Gasteiger partial charge >= 0.3 is 0 Å². The number of hydrogen-bond acceptors (Lipinski definition) is 4. The molecule has 0 fully saturated rings. The lowest BCUT2D eigenvalue weighted by molar-refractivity contribution is 0.0312. The predicted octanol–water partition coefficient (Wildman–Crippen LogP) is 8.93. The van der Waals surface area contributed by atoms with Gasteiger partial charge in [-0.25, -0.2) is 5.06 Å². The summed E-state index contributed by atoms with van der Waals surface area (Å²) in [6.07, 6.45) is 2.65. The SMILES string of the molecule is CCCCc1oc(-c2ccccc2)c2c1[C@@H](c1ccccc1)N(c1ccccc1)O[C@H]2c1ccc(OC)cc1. The number of fused-ring (bicyclic) bond motifs is 1. The fraction of sp³-hybridized carbons (Fsp3) is 0.200. The minimum absolute atomic E-state index is 0.161. The highest BCUT2D eigenvalue weighted by Crippen LogP contribution is 2.51. The van der Waals surface area contributed by atoms with Crippen molar-refractivity contribution in [2.45, 2.75) is 38.3 Å². The van der Waals surface area contributed by atoms with Crippen LogP contribution in [0.3, 0.4) is 0 Å². The van der Waals surface area contributed by atoms with Crippen LogP contribution in [-0.2, 0) is 11.3 Å². The molecule has 4 nitrogen and oxygen atoms in total. The van der Waals surface area contributed by atoms with Crippen molar-refractivity contribution >= 4 is 5.69 Å². The molecule has 0 radical (unpaired) electrons. The fourth-order valence-corrected chi connectivity index (χ4v) is 5.47. The minimum atomic E-state index is -0.361. The van der Waals surface area contributed by atoms with Crippen LogP contribution in [0.15, 0.2) is 120 Å². The summed E-state index contributed by atoms with van der Waals surface area (Å²) in [5, 5.41) is 2.08. The van der Waals surface area contributed by atoms with Crippen LogP contribution in [0, 0.1) is 0 Å². The summed E-state index contributed by atoms with van der Waals surface area (Å²) in [7, 11) is 1.69. The van der Waals surface area contributed by atoms with E-state index in [2.05, 4.69) is 103 Å². The molecule has 39 heavy (non-hydrogen) atoms. The second-order valence-corrected chi connectivity index (χ2v) is 9.88. The highest BCUT2D eigenvalue weighted by molar-refractivity contribution is 5.69. The zero-order chi connectivity index (χ0) is 26.6. The van der Waals surface area contributed by atoms with E-state index in [9.17, 15) is 0 Å². The molecular weight excluding hydrogens is 482 g/mol. The molecule has 6 rings (SSSR count). The first kappa shape index (κ1) is 25.0.